The molecule has 1 aromatic rings. The first-order valence-electron chi connectivity index (χ1n) is 5.21. The first-order valence-corrected chi connectivity index (χ1v) is 5.21. The zero-order valence-corrected chi connectivity index (χ0v) is 9.14. The van der Waals surface area contributed by atoms with Crippen molar-refractivity contribution in [1.82, 2.24) is 9.97 Å². The molecule has 0 aliphatic carbocycles. The Kier molecular flexibility index (Phi) is 4.74. The summed E-state index contributed by atoms with van der Waals surface area (Å²) in [4.78, 5) is 19.5. The van der Waals surface area contributed by atoms with Gasteiger partial charge in [0.2, 0.25) is 0 Å². The normalized spacial score (nSPS) is 12.1. The smallest absolute Gasteiger partial charge is 0.313 e. The van der Waals surface area contributed by atoms with E-state index >= 15 is 0 Å². The second-order valence-electron chi connectivity index (χ2n) is 3.27. The minimum atomic E-state index is -0.226. The Morgan fingerprint density at radius 2 is 2.07 bits per heavy atom. The zero-order valence-electron chi connectivity index (χ0n) is 9.14. The molecule has 82 valence electrons. The van der Waals surface area contributed by atoms with Gasteiger partial charge in [-0.2, -0.15) is 0 Å². The summed E-state index contributed by atoms with van der Waals surface area (Å²) in [5.74, 6) is -0.412. The fraction of sp³-hybridized carbons (Fsp3) is 0.545. The Balaban J connectivity index is 2.78. The fourth-order valence-electron chi connectivity index (χ4n) is 1.44. The van der Waals surface area contributed by atoms with Crippen molar-refractivity contribution in [1.29, 1.82) is 0 Å². The minimum absolute atomic E-state index is 0.186. The highest BCUT2D eigenvalue weighted by Gasteiger charge is 2.21. The number of carbonyl (C=O) groups is 1. The van der Waals surface area contributed by atoms with Crippen molar-refractivity contribution >= 4 is 5.97 Å². The highest BCUT2D eigenvalue weighted by molar-refractivity contribution is 5.77. The lowest BCUT2D eigenvalue weighted by molar-refractivity contribution is -0.145. The summed E-state index contributed by atoms with van der Waals surface area (Å²) in [7, 11) is 0. The molecule has 1 heterocycles. The summed E-state index contributed by atoms with van der Waals surface area (Å²) in [5.41, 5.74) is 0.831. The molecule has 0 aliphatic heterocycles. The molecule has 1 atom stereocenters. The molecule has 0 spiro atoms. The summed E-state index contributed by atoms with van der Waals surface area (Å²) in [6.45, 7) is 4.26. The zero-order chi connectivity index (χ0) is 11.1. The highest BCUT2D eigenvalue weighted by atomic mass is 16.5. The van der Waals surface area contributed by atoms with Gasteiger partial charge in [-0.3, -0.25) is 4.79 Å². The molecule has 4 nitrogen and oxygen atoms in total. The standard InChI is InChI=1S/C11H16N2O2/c1-3-5-10(11(14)15-4-2)9-6-12-8-13-7-9/h6-8,10H,3-5H2,1-2H3. The van der Waals surface area contributed by atoms with E-state index in [1.165, 1.54) is 6.33 Å². The average Bonchev–Trinajstić information content (AvgIpc) is 2.27. The van der Waals surface area contributed by atoms with Gasteiger partial charge in [-0.15, -0.1) is 0 Å². The number of aromatic nitrogens is 2. The third kappa shape index (κ3) is 3.31. The van der Waals surface area contributed by atoms with Crippen LogP contribution in [-0.4, -0.2) is 22.5 Å². The van der Waals surface area contributed by atoms with Crippen LogP contribution in [0.4, 0.5) is 0 Å². The molecule has 0 bridgehead atoms. The van der Waals surface area contributed by atoms with Crippen molar-refractivity contribution < 1.29 is 9.53 Å². The molecule has 1 aromatic heterocycles. The van der Waals surface area contributed by atoms with Crippen molar-refractivity contribution in [2.24, 2.45) is 0 Å². The van der Waals surface area contributed by atoms with Crippen LogP contribution in [0.1, 0.15) is 38.2 Å². The van der Waals surface area contributed by atoms with Gasteiger partial charge in [0.05, 0.1) is 12.5 Å². The van der Waals surface area contributed by atoms with Gasteiger partial charge in [0.1, 0.15) is 6.33 Å². The first kappa shape index (κ1) is 11.6. The lowest BCUT2D eigenvalue weighted by atomic mass is 9.97. The van der Waals surface area contributed by atoms with Gasteiger partial charge in [-0.1, -0.05) is 13.3 Å². The maximum absolute atomic E-state index is 11.7. The van der Waals surface area contributed by atoms with E-state index in [4.69, 9.17) is 4.74 Å². The van der Waals surface area contributed by atoms with Crippen LogP contribution in [0.3, 0.4) is 0 Å². The summed E-state index contributed by atoms with van der Waals surface area (Å²) >= 11 is 0. The number of esters is 1. The molecule has 0 saturated carbocycles. The van der Waals surface area contributed by atoms with Gasteiger partial charge in [0.15, 0.2) is 0 Å². The van der Waals surface area contributed by atoms with Crippen molar-refractivity contribution in [3.8, 4) is 0 Å². The number of hydrogen-bond acceptors (Lipinski definition) is 4. The molecule has 15 heavy (non-hydrogen) atoms. The molecule has 0 fully saturated rings. The van der Waals surface area contributed by atoms with E-state index in [0.29, 0.717) is 6.61 Å². The molecule has 0 amide bonds. The average molecular weight is 208 g/mol. The highest BCUT2D eigenvalue weighted by Crippen LogP contribution is 2.21. The predicted octanol–water partition coefficient (Wildman–Crippen LogP) is 1.92. The van der Waals surface area contributed by atoms with Crippen LogP contribution in [0.15, 0.2) is 18.7 Å². The number of ether oxygens (including phenoxy) is 1. The van der Waals surface area contributed by atoms with Gasteiger partial charge in [-0.25, -0.2) is 9.97 Å². The van der Waals surface area contributed by atoms with Crippen LogP contribution in [-0.2, 0) is 9.53 Å². The van der Waals surface area contributed by atoms with Crippen molar-refractivity contribution in [3.63, 3.8) is 0 Å². The SMILES string of the molecule is CCCC(C(=O)OCC)c1cncnc1. The summed E-state index contributed by atoms with van der Waals surface area (Å²) < 4.78 is 5.02. The topological polar surface area (TPSA) is 52.1 Å². The van der Waals surface area contributed by atoms with E-state index in [9.17, 15) is 4.79 Å². The maximum atomic E-state index is 11.7. The molecule has 0 aromatic carbocycles. The molecule has 0 N–H and O–H groups in total. The first-order chi connectivity index (χ1) is 7.29. The Bertz CT molecular complexity index is 301. The van der Waals surface area contributed by atoms with E-state index < -0.39 is 0 Å². The Morgan fingerprint density at radius 3 is 2.60 bits per heavy atom. The van der Waals surface area contributed by atoms with E-state index in [0.717, 1.165) is 18.4 Å². The monoisotopic (exact) mass is 208 g/mol. The third-order valence-electron chi connectivity index (χ3n) is 2.13. The van der Waals surface area contributed by atoms with Crippen LogP contribution in [0.2, 0.25) is 0 Å². The van der Waals surface area contributed by atoms with E-state index in [-0.39, 0.29) is 11.9 Å². The van der Waals surface area contributed by atoms with Crippen molar-refractivity contribution in [2.75, 3.05) is 6.61 Å². The van der Waals surface area contributed by atoms with E-state index in [2.05, 4.69) is 9.97 Å². The number of rotatable bonds is 5. The second kappa shape index (κ2) is 6.11. The molecule has 1 rings (SSSR count). The van der Waals surface area contributed by atoms with Crippen LogP contribution >= 0.6 is 0 Å². The molecular weight excluding hydrogens is 192 g/mol. The van der Waals surface area contributed by atoms with Gasteiger partial charge in [0.25, 0.3) is 0 Å². The number of nitrogens with zero attached hydrogens (tertiary/aromatic N) is 2. The van der Waals surface area contributed by atoms with Gasteiger partial charge >= 0.3 is 5.97 Å². The van der Waals surface area contributed by atoms with Crippen molar-refractivity contribution in [3.05, 3.63) is 24.3 Å². The van der Waals surface area contributed by atoms with Gasteiger partial charge in [-0.05, 0) is 13.3 Å². The Hall–Kier alpha value is -1.45. The fourth-order valence-corrected chi connectivity index (χ4v) is 1.44. The Labute approximate surface area is 89.7 Å². The Morgan fingerprint density at radius 1 is 1.40 bits per heavy atom. The second-order valence-corrected chi connectivity index (χ2v) is 3.27. The molecule has 0 saturated heterocycles. The molecular formula is C11H16N2O2. The van der Waals surface area contributed by atoms with Crippen molar-refractivity contribution in [2.45, 2.75) is 32.6 Å². The lowest BCUT2D eigenvalue weighted by Crippen LogP contribution is -2.16. The predicted molar refractivity (Wildman–Crippen MR) is 56.3 cm³/mol. The van der Waals surface area contributed by atoms with E-state index in [1.54, 1.807) is 12.4 Å². The molecule has 1 unspecified atom stereocenters. The third-order valence-corrected chi connectivity index (χ3v) is 2.13. The summed E-state index contributed by atoms with van der Waals surface area (Å²) in [6.07, 6.45) is 6.50. The molecule has 4 heteroatoms. The van der Waals surface area contributed by atoms with Gasteiger partial charge in [0, 0.05) is 18.0 Å². The number of hydrogen-bond donors (Lipinski definition) is 0. The lowest BCUT2D eigenvalue weighted by Gasteiger charge is -2.13. The molecule has 0 radical (unpaired) electrons. The van der Waals surface area contributed by atoms with Crippen LogP contribution in [0.25, 0.3) is 0 Å². The van der Waals surface area contributed by atoms with E-state index in [1.807, 2.05) is 13.8 Å². The largest absolute Gasteiger partial charge is 0.466 e. The molecule has 0 aliphatic rings. The van der Waals surface area contributed by atoms with Gasteiger partial charge < -0.3 is 4.74 Å². The maximum Gasteiger partial charge on any atom is 0.313 e. The minimum Gasteiger partial charge on any atom is -0.466 e. The van der Waals surface area contributed by atoms with Crippen LogP contribution in [0.5, 0.6) is 0 Å². The summed E-state index contributed by atoms with van der Waals surface area (Å²) in [5, 5.41) is 0. The van der Waals surface area contributed by atoms with Crippen LogP contribution < -0.4 is 0 Å². The van der Waals surface area contributed by atoms with Crippen LogP contribution in [0, 0.1) is 0 Å². The number of carbonyl (C=O) groups excluding carboxylic acids is 1. The quantitative estimate of drug-likeness (QED) is 0.694. The summed E-state index contributed by atoms with van der Waals surface area (Å²) in [6, 6.07) is 0.